The lowest BCUT2D eigenvalue weighted by Crippen LogP contribution is -2.03. The second-order valence-corrected chi connectivity index (χ2v) is 14.6. The van der Waals surface area contributed by atoms with E-state index in [1.54, 1.807) is 0 Å². The minimum atomic E-state index is 0.602. The van der Waals surface area contributed by atoms with E-state index < -0.39 is 0 Å². The number of aromatic nitrogens is 4. The van der Waals surface area contributed by atoms with Crippen molar-refractivity contribution < 1.29 is 4.42 Å². The molecule has 0 bridgehead atoms. The van der Waals surface area contributed by atoms with Gasteiger partial charge in [-0.15, -0.1) is 0 Å². The topological polar surface area (TPSA) is 48.8 Å². The van der Waals surface area contributed by atoms with Crippen molar-refractivity contribution in [3.8, 4) is 45.3 Å². The number of nitrogens with zero attached hydrogens (tertiary/aromatic N) is 4. The van der Waals surface area contributed by atoms with Crippen LogP contribution in [0.25, 0.3) is 111 Å². The molecule has 266 valence electrons. The smallest absolute Gasteiger partial charge is 0.165 e. The maximum atomic E-state index is 6.56. The molecule has 0 aliphatic rings. The molecular formula is C52H32N4O. The minimum absolute atomic E-state index is 0.602. The molecule has 0 spiro atoms. The predicted molar refractivity (Wildman–Crippen MR) is 234 cm³/mol. The molecule has 0 amide bonds. The first-order chi connectivity index (χ1) is 28.3. The van der Waals surface area contributed by atoms with Crippen molar-refractivity contribution >= 4 is 65.6 Å². The van der Waals surface area contributed by atoms with Gasteiger partial charge in [-0.2, -0.15) is 0 Å². The predicted octanol–water partition coefficient (Wildman–Crippen LogP) is 13.6. The molecule has 0 N–H and O–H groups in total. The van der Waals surface area contributed by atoms with E-state index in [2.05, 4.69) is 185 Å². The van der Waals surface area contributed by atoms with Gasteiger partial charge in [0.15, 0.2) is 5.82 Å². The number of furan rings is 1. The maximum absolute atomic E-state index is 6.56. The van der Waals surface area contributed by atoms with Gasteiger partial charge in [-0.25, -0.2) is 9.97 Å². The monoisotopic (exact) mass is 728 g/mol. The van der Waals surface area contributed by atoms with Crippen LogP contribution in [0, 0.1) is 0 Å². The molecular weight excluding hydrogens is 697 g/mol. The Balaban J connectivity index is 1.15. The van der Waals surface area contributed by atoms with Gasteiger partial charge in [0, 0.05) is 49.6 Å². The van der Waals surface area contributed by atoms with Crippen molar-refractivity contribution in [2.75, 3.05) is 0 Å². The van der Waals surface area contributed by atoms with Crippen molar-refractivity contribution in [3.05, 3.63) is 194 Å². The van der Waals surface area contributed by atoms with E-state index in [0.29, 0.717) is 5.82 Å². The Morgan fingerprint density at radius 3 is 1.70 bits per heavy atom. The highest BCUT2D eigenvalue weighted by Crippen LogP contribution is 2.41. The van der Waals surface area contributed by atoms with Gasteiger partial charge in [-0.05, 0) is 59.7 Å². The number of hydrogen-bond acceptors (Lipinski definition) is 3. The molecule has 4 heterocycles. The zero-order valence-corrected chi connectivity index (χ0v) is 30.7. The van der Waals surface area contributed by atoms with Gasteiger partial charge in [0.1, 0.15) is 17.0 Å². The van der Waals surface area contributed by atoms with Gasteiger partial charge >= 0.3 is 0 Å². The van der Waals surface area contributed by atoms with E-state index in [9.17, 15) is 0 Å². The fraction of sp³-hybridized carbons (Fsp3) is 0. The molecule has 5 heteroatoms. The first kappa shape index (κ1) is 31.6. The van der Waals surface area contributed by atoms with Gasteiger partial charge in [0.25, 0.3) is 0 Å². The van der Waals surface area contributed by atoms with Crippen LogP contribution >= 0.6 is 0 Å². The summed E-state index contributed by atoms with van der Waals surface area (Å²) in [6, 6.07) is 68.4. The highest BCUT2D eigenvalue weighted by atomic mass is 16.3. The Labute approximate surface area is 327 Å². The fourth-order valence-electron chi connectivity index (χ4n) is 8.74. The maximum Gasteiger partial charge on any atom is 0.165 e. The normalized spacial score (nSPS) is 11.9. The largest absolute Gasteiger partial charge is 0.455 e. The third-order valence-corrected chi connectivity index (χ3v) is 11.4. The molecule has 12 rings (SSSR count). The zero-order chi connectivity index (χ0) is 37.5. The van der Waals surface area contributed by atoms with Crippen LogP contribution in [-0.4, -0.2) is 19.1 Å². The Kier molecular flexibility index (Phi) is 6.86. The van der Waals surface area contributed by atoms with Crippen LogP contribution < -0.4 is 0 Å². The van der Waals surface area contributed by atoms with E-state index >= 15 is 0 Å². The summed E-state index contributed by atoms with van der Waals surface area (Å²) in [5.41, 5.74) is 12.2. The van der Waals surface area contributed by atoms with E-state index in [0.717, 1.165) is 72.4 Å². The van der Waals surface area contributed by atoms with Crippen molar-refractivity contribution in [3.63, 3.8) is 0 Å². The van der Waals surface area contributed by atoms with Crippen LogP contribution in [0.15, 0.2) is 199 Å². The first-order valence-corrected chi connectivity index (χ1v) is 19.2. The summed E-state index contributed by atoms with van der Waals surface area (Å²) in [5.74, 6) is 1.38. The molecule has 4 aromatic heterocycles. The third-order valence-electron chi connectivity index (χ3n) is 11.4. The summed E-state index contributed by atoms with van der Waals surface area (Å²) in [5, 5.41) is 6.88. The van der Waals surface area contributed by atoms with Crippen LogP contribution in [0.2, 0.25) is 0 Å². The Morgan fingerprint density at radius 2 is 0.947 bits per heavy atom. The number of fused-ring (bicyclic) bond motifs is 9. The van der Waals surface area contributed by atoms with Crippen LogP contribution in [0.1, 0.15) is 0 Å². The highest BCUT2D eigenvalue weighted by molar-refractivity contribution is 6.19. The quantitative estimate of drug-likeness (QED) is 0.177. The Bertz CT molecular complexity index is 3500. The molecule has 12 aromatic rings. The standard InChI is InChI=1S/C52H32N4O/c1-3-14-33(15-4-1)34-26-28-35(29-27-34)44-31-50(54-52(53-44)41-22-13-21-40-39-20-9-12-25-49(39)57-51(40)41)56-46-24-11-8-19-38(46)43-30-42-37-18-7-10-23-45(37)55(47(42)32-48(43)56)36-16-5-2-6-17-36/h1-32H. The molecule has 0 saturated heterocycles. The van der Waals surface area contributed by atoms with Gasteiger partial charge in [-0.1, -0.05) is 140 Å². The lowest BCUT2D eigenvalue weighted by atomic mass is 10.0. The minimum Gasteiger partial charge on any atom is -0.455 e. The third kappa shape index (κ3) is 4.89. The van der Waals surface area contributed by atoms with Crippen LogP contribution in [-0.2, 0) is 0 Å². The summed E-state index contributed by atoms with van der Waals surface area (Å²) in [7, 11) is 0. The Morgan fingerprint density at radius 1 is 0.368 bits per heavy atom. The molecule has 0 saturated carbocycles. The molecule has 0 aliphatic carbocycles. The summed E-state index contributed by atoms with van der Waals surface area (Å²) in [6.45, 7) is 0. The molecule has 0 unspecified atom stereocenters. The second kappa shape index (κ2) is 12.4. The highest BCUT2D eigenvalue weighted by Gasteiger charge is 2.22. The summed E-state index contributed by atoms with van der Waals surface area (Å²) in [4.78, 5) is 10.8. The van der Waals surface area contributed by atoms with Crippen molar-refractivity contribution in [2.45, 2.75) is 0 Å². The second-order valence-electron chi connectivity index (χ2n) is 14.6. The van der Waals surface area contributed by atoms with E-state index in [4.69, 9.17) is 14.4 Å². The van der Waals surface area contributed by atoms with Gasteiger partial charge in [-0.3, -0.25) is 4.57 Å². The van der Waals surface area contributed by atoms with E-state index in [1.165, 1.54) is 32.6 Å². The summed E-state index contributed by atoms with van der Waals surface area (Å²) >= 11 is 0. The van der Waals surface area contributed by atoms with E-state index in [1.807, 2.05) is 18.2 Å². The first-order valence-electron chi connectivity index (χ1n) is 19.2. The van der Waals surface area contributed by atoms with Gasteiger partial charge < -0.3 is 8.98 Å². The van der Waals surface area contributed by atoms with Gasteiger partial charge in [0.05, 0.1) is 33.3 Å². The molecule has 0 fully saturated rings. The average Bonchev–Trinajstić information content (AvgIpc) is 3.93. The van der Waals surface area contributed by atoms with E-state index in [-0.39, 0.29) is 0 Å². The molecule has 0 atom stereocenters. The summed E-state index contributed by atoms with van der Waals surface area (Å²) in [6.07, 6.45) is 0. The lowest BCUT2D eigenvalue weighted by molar-refractivity contribution is 0.669. The number of rotatable bonds is 5. The molecule has 5 nitrogen and oxygen atoms in total. The number of para-hydroxylation sites is 5. The zero-order valence-electron chi connectivity index (χ0n) is 30.7. The van der Waals surface area contributed by atoms with Crippen molar-refractivity contribution in [1.29, 1.82) is 0 Å². The molecule has 8 aromatic carbocycles. The van der Waals surface area contributed by atoms with Gasteiger partial charge in [0.2, 0.25) is 0 Å². The van der Waals surface area contributed by atoms with Crippen LogP contribution in [0.4, 0.5) is 0 Å². The van der Waals surface area contributed by atoms with Crippen molar-refractivity contribution in [1.82, 2.24) is 19.1 Å². The number of hydrogen-bond donors (Lipinski definition) is 0. The SMILES string of the molecule is c1ccc(-c2ccc(-c3cc(-n4c5ccccc5c5cc6c7ccccc7n(-c7ccccc7)c6cc54)nc(-c4cccc5c4oc4ccccc45)n3)cc2)cc1. The van der Waals surface area contributed by atoms with Crippen LogP contribution in [0.5, 0.6) is 0 Å². The molecule has 0 radical (unpaired) electrons. The Hall–Kier alpha value is -7.76. The average molecular weight is 729 g/mol. The van der Waals surface area contributed by atoms with Crippen LogP contribution in [0.3, 0.4) is 0 Å². The number of benzene rings is 8. The lowest BCUT2D eigenvalue weighted by Gasteiger charge is -2.13. The molecule has 0 aliphatic heterocycles. The summed E-state index contributed by atoms with van der Waals surface area (Å²) < 4.78 is 11.2. The van der Waals surface area contributed by atoms with Crippen molar-refractivity contribution in [2.24, 2.45) is 0 Å². The molecule has 57 heavy (non-hydrogen) atoms. The fourth-order valence-corrected chi connectivity index (χ4v) is 8.74.